The van der Waals surface area contributed by atoms with Gasteiger partial charge in [-0.1, -0.05) is 60.2 Å². The average Bonchev–Trinajstić information content (AvgIpc) is 3.48. The number of hydrogen-bond donors (Lipinski definition) is 2. The molecule has 2 N–H and O–H groups in total. The summed E-state index contributed by atoms with van der Waals surface area (Å²) in [6.07, 6.45) is 5.30. The van der Waals surface area contributed by atoms with Gasteiger partial charge in [-0.05, 0) is 31.7 Å². The van der Waals surface area contributed by atoms with Crippen molar-refractivity contribution < 1.29 is 4.79 Å². The maximum absolute atomic E-state index is 13.3. The molecule has 4 aromatic rings. The van der Waals surface area contributed by atoms with E-state index >= 15 is 0 Å². The van der Waals surface area contributed by atoms with Crippen LogP contribution in [0.25, 0.3) is 11.3 Å². The second kappa shape index (κ2) is 9.28. The summed E-state index contributed by atoms with van der Waals surface area (Å²) in [5, 5.41) is 14.8. The van der Waals surface area contributed by atoms with Crippen LogP contribution < -0.4 is 10.2 Å². The molecule has 33 heavy (non-hydrogen) atoms. The molecular weight excluding hydrogens is 414 g/mol. The van der Waals surface area contributed by atoms with E-state index in [1.807, 2.05) is 61.5 Å². The number of aromatic nitrogens is 5. The first-order chi connectivity index (χ1) is 16.2. The van der Waals surface area contributed by atoms with Gasteiger partial charge in [-0.15, -0.1) is 5.10 Å². The summed E-state index contributed by atoms with van der Waals surface area (Å²) in [6.45, 7) is 4.49. The predicted octanol–water partition coefficient (Wildman–Crippen LogP) is 4.27. The van der Waals surface area contributed by atoms with Crippen molar-refractivity contribution in [3.05, 3.63) is 77.5 Å². The fraction of sp³-hybridized carbons (Fsp3) is 0.280. The fourth-order valence-electron chi connectivity index (χ4n) is 4.08. The number of H-pyrrole nitrogens is 1. The summed E-state index contributed by atoms with van der Waals surface area (Å²) < 4.78 is 1.80. The van der Waals surface area contributed by atoms with Crippen LogP contribution >= 0.6 is 0 Å². The number of rotatable bonds is 6. The predicted molar refractivity (Wildman–Crippen MR) is 128 cm³/mol. The lowest BCUT2D eigenvalue weighted by molar-refractivity contribution is 0.102. The van der Waals surface area contributed by atoms with Gasteiger partial charge < -0.3 is 4.90 Å². The number of amides is 1. The highest BCUT2D eigenvalue weighted by molar-refractivity contribution is 6.07. The van der Waals surface area contributed by atoms with Crippen molar-refractivity contribution in [1.29, 1.82) is 0 Å². The smallest absolute Gasteiger partial charge is 0.261 e. The number of benzene rings is 2. The number of carbonyl (C=O) groups excluding carboxylic acids is 1. The molecule has 3 heterocycles. The summed E-state index contributed by atoms with van der Waals surface area (Å²) in [4.78, 5) is 19.9. The number of nitrogens with one attached hydrogen (secondary N) is 2. The zero-order valence-electron chi connectivity index (χ0n) is 18.7. The summed E-state index contributed by atoms with van der Waals surface area (Å²) in [7, 11) is 0. The van der Waals surface area contributed by atoms with E-state index in [1.54, 1.807) is 10.9 Å². The van der Waals surface area contributed by atoms with E-state index in [9.17, 15) is 4.79 Å². The Hall–Kier alpha value is -3.94. The highest BCUT2D eigenvalue weighted by Gasteiger charge is 2.21. The lowest BCUT2D eigenvalue weighted by Crippen LogP contribution is -2.30. The monoisotopic (exact) mass is 441 g/mol. The SMILES string of the molecule is Cc1ccc(-c2nn(Cc3ccccc3)cc2C(=O)Nc2nc(N3CCCCC3)n[nH]2)cc1. The van der Waals surface area contributed by atoms with E-state index in [0.717, 1.165) is 42.6 Å². The maximum Gasteiger partial charge on any atom is 0.261 e. The van der Waals surface area contributed by atoms with Crippen molar-refractivity contribution in [3.63, 3.8) is 0 Å². The number of aromatic amines is 1. The minimum absolute atomic E-state index is 0.272. The van der Waals surface area contributed by atoms with Crippen molar-refractivity contribution in [2.45, 2.75) is 32.7 Å². The van der Waals surface area contributed by atoms with E-state index in [2.05, 4.69) is 25.4 Å². The number of piperidine rings is 1. The standard InChI is InChI=1S/C25H27N7O/c1-18-10-12-20(13-11-18)22-21(17-32(30-22)16-19-8-4-2-5-9-19)23(33)26-24-27-25(29-28-24)31-14-6-3-7-15-31/h2,4-5,8-13,17H,3,6-7,14-16H2,1H3,(H2,26,27,28,29,33). The highest BCUT2D eigenvalue weighted by Crippen LogP contribution is 2.24. The highest BCUT2D eigenvalue weighted by atomic mass is 16.1. The number of nitrogens with zero attached hydrogens (tertiary/aromatic N) is 5. The van der Waals surface area contributed by atoms with E-state index in [4.69, 9.17) is 5.10 Å². The van der Waals surface area contributed by atoms with Crippen LogP contribution in [0.2, 0.25) is 0 Å². The van der Waals surface area contributed by atoms with E-state index in [1.165, 1.54) is 6.42 Å². The number of aryl methyl sites for hydroxylation is 1. The number of anilines is 2. The Morgan fingerprint density at radius 3 is 2.55 bits per heavy atom. The van der Waals surface area contributed by atoms with Gasteiger partial charge in [0.05, 0.1) is 12.1 Å². The van der Waals surface area contributed by atoms with Crippen LogP contribution in [-0.2, 0) is 6.54 Å². The molecule has 8 heteroatoms. The lowest BCUT2D eigenvalue weighted by atomic mass is 10.1. The Morgan fingerprint density at radius 1 is 1.03 bits per heavy atom. The zero-order valence-corrected chi connectivity index (χ0v) is 18.7. The van der Waals surface area contributed by atoms with Crippen LogP contribution in [0.3, 0.4) is 0 Å². The molecule has 168 valence electrons. The van der Waals surface area contributed by atoms with Gasteiger partial charge in [0.2, 0.25) is 11.9 Å². The topological polar surface area (TPSA) is 91.7 Å². The van der Waals surface area contributed by atoms with Crippen molar-refractivity contribution in [1.82, 2.24) is 25.0 Å². The van der Waals surface area contributed by atoms with Crippen molar-refractivity contribution >= 4 is 17.8 Å². The summed E-state index contributed by atoms with van der Waals surface area (Å²) in [6, 6.07) is 18.1. The zero-order chi connectivity index (χ0) is 22.6. The molecule has 2 aromatic carbocycles. The Labute approximate surface area is 192 Å². The van der Waals surface area contributed by atoms with E-state index < -0.39 is 0 Å². The molecule has 1 aliphatic rings. The minimum Gasteiger partial charge on any atom is -0.340 e. The maximum atomic E-state index is 13.3. The Bertz CT molecular complexity index is 1220. The molecule has 1 amide bonds. The number of carbonyl (C=O) groups is 1. The summed E-state index contributed by atoms with van der Waals surface area (Å²) in [5.41, 5.74) is 4.29. The van der Waals surface area contributed by atoms with Gasteiger partial charge in [0, 0.05) is 24.8 Å². The van der Waals surface area contributed by atoms with Crippen molar-refractivity contribution in [3.8, 4) is 11.3 Å². The molecule has 0 saturated carbocycles. The quantitative estimate of drug-likeness (QED) is 0.466. The van der Waals surface area contributed by atoms with Gasteiger partial charge in [-0.2, -0.15) is 10.1 Å². The molecule has 1 fully saturated rings. The van der Waals surface area contributed by atoms with Gasteiger partial charge >= 0.3 is 0 Å². The van der Waals surface area contributed by atoms with Gasteiger partial charge in [0.15, 0.2) is 0 Å². The van der Waals surface area contributed by atoms with Crippen LogP contribution in [0.1, 0.15) is 40.7 Å². The van der Waals surface area contributed by atoms with Gasteiger partial charge in [0.1, 0.15) is 5.69 Å². The summed E-state index contributed by atoms with van der Waals surface area (Å²) in [5.74, 6) is 0.695. The van der Waals surface area contributed by atoms with Crippen LogP contribution in [0.5, 0.6) is 0 Å². The molecule has 1 aliphatic heterocycles. The normalized spacial score (nSPS) is 13.8. The van der Waals surface area contributed by atoms with Gasteiger partial charge in [0.25, 0.3) is 5.91 Å². The molecule has 1 saturated heterocycles. The minimum atomic E-state index is -0.272. The summed E-state index contributed by atoms with van der Waals surface area (Å²) >= 11 is 0. The molecule has 8 nitrogen and oxygen atoms in total. The molecule has 0 bridgehead atoms. The van der Waals surface area contributed by atoms with Gasteiger partial charge in [-0.3, -0.25) is 14.8 Å². The van der Waals surface area contributed by atoms with Gasteiger partial charge in [-0.25, -0.2) is 5.10 Å². The Morgan fingerprint density at radius 2 is 1.79 bits per heavy atom. The largest absolute Gasteiger partial charge is 0.340 e. The molecule has 0 spiro atoms. The molecule has 2 aromatic heterocycles. The first-order valence-electron chi connectivity index (χ1n) is 11.3. The Kier molecular flexibility index (Phi) is 5.89. The number of hydrogen-bond acceptors (Lipinski definition) is 5. The fourth-order valence-corrected chi connectivity index (χ4v) is 4.08. The van der Waals surface area contributed by atoms with Crippen LogP contribution in [0, 0.1) is 6.92 Å². The van der Waals surface area contributed by atoms with Crippen molar-refractivity contribution in [2.75, 3.05) is 23.3 Å². The van der Waals surface area contributed by atoms with Crippen LogP contribution in [0.4, 0.5) is 11.9 Å². The Balaban J connectivity index is 1.41. The van der Waals surface area contributed by atoms with E-state index in [0.29, 0.717) is 29.7 Å². The third-order valence-electron chi connectivity index (χ3n) is 5.86. The third kappa shape index (κ3) is 4.79. The molecule has 0 atom stereocenters. The molecule has 0 unspecified atom stereocenters. The van der Waals surface area contributed by atoms with Crippen molar-refractivity contribution in [2.24, 2.45) is 0 Å². The second-order valence-corrected chi connectivity index (χ2v) is 8.43. The second-order valence-electron chi connectivity index (χ2n) is 8.43. The molecular formula is C25H27N7O. The third-order valence-corrected chi connectivity index (χ3v) is 5.86. The van der Waals surface area contributed by atoms with E-state index in [-0.39, 0.29) is 5.91 Å². The average molecular weight is 442 g/mol. The molecule has 0 aliphatic carbocycles. The molecule has 0 radical (unpaired) electrons. The van der Waals surface area contributed by atoms with Crippen LogP contribution in [-0.4, -0.2) is 44.0 Å². The molecule has 5 rings (SSSR count). The lowest BCUT2D eigenvalue weighted by Gasteiger charge is -2.24. The first-order valence-corrected chi connectivity index (χ1v) is 11.3. The van der Waals surface area contributed by atoms with Crippen LogP contribution in [0.15, 0.2) is 60.8 Å². The first kappa shape index (κ1) is 20.9.